The van der Waals surface area contributed by atoms with Gasteiger partial charge >= 0.3 is 0 Å². The largest absolute Gasteiger partial charge is 0.293 e. The van der Waals surface area contributed by atoms with Gasteiger partial charge in [-0.15, -0.1) is 11.3 Å². The van der Waals surface area contributed by atoms with E-state index < -0.39 is 16.6 Å². The molecule has 0 aliphatic heterocycles. The van der Waals surface area contributed by atoms with Crippen molar-refractivity contribution in [2.45, 2.75) is 5.92 Å². The summed E-state index contributed by atoms with van der Waals surface area (Å²) in [5.74, 6) is -1.48. The summed E-state index contributed by atoms with van der Waals surface area (Å²) < 4.78 is 0.833. The summed E-state index contributed by atoms with van der Waals surface area (Å²) in [5, 5.41) is 21.1. The second kappa shape index (κ2) is 7.44. The molecule has 0 aliphatic carbocycles. The van der Waals surface area contributed by atoms with E-state index in [1.54, 1.807) is 24.3 Å². The monoisotopic (exact) mass is 383 g/mol. The highest BCUT2D eigenvalue weighted by atomic mass is 35.5. The van der Waals surface area contributed by atoms with Gasteiger partial charge in [0.1, 0.15) is 5.01 Å². The lowest BCUT2D eigenvalue weighted by Crippen LogP contribution is -2.07. The minimum Gasteiger partial charge on any atom is -0.293 e. The van der Waals surface area contributed by atoms with Crippen LogP contribution in [0.5, 0.6) is 0 Å². The standard InChI is InChI=1S/C18H10ClN3O3S/c19-12-5-7-17-15(9-12)21-18(26-17)14(10-20)16(23)6-4-11-2-1-3-13(8-11)22(24)25/h1-9,14H/b6-4+. The number of nitro groups is 1. The number of non-ortho nitro benzene ring substituents is 1. The van der Waals surface area contributed by atoms with Crippen LogP contribution in [0, 0.1) is 21.4 Å². The van der Waals surface area contributed by atoms with Crippen LogP contribution < -0.4 is 0 Å². The number of fused-ring (bicyclic) bond motifs is 1. The molecule has 0 radical (unpaired) electrons. The summed E-state index contributed by atoms with van der Waals surface area (Å²) in [6, 6.07) is 13.0. The minimum absolute atomic E-state index is 0.0699. The van der Waals surface area contributed by atoms with Crippen LogP contribution >= 0.6 is 22.9 Å². The Morgan fingerprint density at radius 3 is 2.88 bits per heavy atom. The van der Waals surface area contributed by atoms with Crippen LogP contribution in [-0.2, 0) is 4.79 Å². The normalized spacial score (nSPS) is 12.2. The number of hydrogen-bond donors (Lipinski definition) is 0. The van der Waals surface area contributed by atoms with E-state index in [9.17, 15) is 20.2 Å². The van der Waals surface area contributed by atoms with E-state index in [2.05, 4.69) is 4.98 Å². The van der Waals surface area contributed by atoms with Crippen molar-refractivity contribution < 1.29 is 9.72 Å². The molecular weight excluding hydrogens is 374 g/mol. The van der Waals surface area contributed by atoms with Gasteiger partial charge in [0.2, 0.25) is 0 Å². The van der Waals surface area contributed by atoms with Gasteiger partial charge in [-0.3, -0.25) is 14.9 Å². The molecular formula is C18H10ClN3O3S. The zero-order valence-corrected chi connectivity index (χ0v) is 14.7. The first-order valence-electron chi connectivity index (χ1n) is 7.40. The van der Waals surface area contributed by atoms with E-state index in [-0.39, 0.29) is 5.69 Å². The molecule has 0 saturated heterocycles. The molecule has 8 heteroatoms. The Morgan fingerprint density at radius 2 is 2.15 bits per heavy atom. The quantitative estimate of drug-likeness (QED) is 0.360. The lowest BCUT2D eigenvalue weighted by atomic mass is 10.1. The van der Waals surface area contributed by atoms with Gasteiger partial charge in [-0.05, 0) is 29.8 Å². The first kappa shape index (κ1) is 17.7. The number of rotatable bonds is 5. The fraction of sp³-hybridized carbons (Fsp3) is 0.0556. The molecule has 3 aromatic rings. The number of nitriles is 1. The van der Waals surface area contributed by atoms with Crippen LogP contribution in [0.1, 0.15) is 16.5 Å². The van der Waals surface area contributed by atoms with Crippen molar-refractivity contribution in [1.29, 1.82) is 5.26 Å². The Balaban J connectivity index is 1.85. The van der Waals surface area contributed by atoms with Crippen LogP contribution in [0.25, 0.3) is 16.3 Å². The van der Waals surface area contributed by atoms with Gasteiger partial charge in [-0.2, -0.15) is 5.26 Å². The van der Waals surface area contributed by atoms with E-state index >= 15 is 0 Å². The number of hydrogen-bond acceptors (Lipinski definition) is 6. The van der Waals surface area contributed by atoms with E-state index in [0.29, 0.717) is 21.1 Å². The van der Waals surface area contributed by atoms with Crippen LogP contribution in [-0.4, -0.2) is 15.7 Å². The molecule has 0 aliphatic rings. The summed E-state index contributed by atoms with van der Waals surface area (Å²) in [6.07, 6.45) is 2.69. The molecule has 2 aromatic carbocycles. The first-order chi connectivity index (χ1) is 12.5. The Morgan fingerprint density at radius 1 is 1.35 bits per heavy atom. The summed E-state index contributed by atoms with van der Waals surface area (Å²) in [6.45, 7) is 0. The molecule has 0 N–H and O–H groups in total. The number of halogens is 1. The molecule has 1 heterocycles. The highest BCUT2D eigenvalue weighted by Crippen LogP contribution is 2.30. The van der Waals surface area contributed by atoms with E-state index in [1.807, 2.05) is 6.07 Å². The van der Waals surface area contributed by atoms with Gasteiger partial charge in [-0.25, -0.2) is 4.98 Å². The van der Waals surface area contributed by atoms with Crippen LogP contribution in [0.3, 0.4) is 0 Å². The molecule has 0 spiro atoms. The Labute approximate surface area is 157 Å². The fourth-order valence-electron chi connectivity index (χ4n) is 2.30. The number of benzene rings is 2. The predicted molar refractivity (Wildman–Crippen MR) is 100 cm³/mol. The Kier molecular flexibility index (Phi) is 5.07. The zero-order chi connectivity index (χ0) is 18.7. The van der Waals surface area contributed by atoms with Crippen molar-refractivity contribution in [1.82, 2.24) is 4.98 Å². The molecule has 3 rings (SSSR count). The van der Waals surface area contributed by atoms with Crippen LogP contribution in [0.4, 0.5) is 5.69 Å². The molecule has 1 aromatic heterocycles. The van der Waals surface area contributed by atoms with Gasteiger partial charge in [0.25, 0.3) is 5.69 Å². The van der Waals surface area contributed by atoms with Crippen LogP contribution in [0.2, 0.25) is 5.02 Å². The van der Waals surface area contributed by atoms with E-state index in [4.69, 9.17) is 11.6 Å². The highest BCUT2D eigenvalue weighted by Gasteiger charge is 2.22. The molecule has 1 unspecified atom stereocenters. The predicted octanol–water partition coefficient (Wildman–Crippen LogP) is 4.75. The van der Waals surface area contributed by atoms with Crippen molar-refractivity contribution in [2.24, 2.45) is 0 Å². The molecule has 0 bridgehead atoms. The van der Waals surface area contributed by atoms with Gasteiger partial charge in [0.15, 0.2) is 11.7 Å². The third kappa shape index (κ3) is 3.77. The van der Waals surface area contributed by atoms with E-state index in [1.165, 1.54) is 41.7 Å². The zero-order valence-electron chi connectivity index (χ0n) is 13.1. The average molecular weight is 384 g/mol. The van der Waals surface area contributed by atoms with Crippen molar-refractivity contribution in [3.8, 4) is 6.07 Å². The van der Waals surface area contributed by atoms with Crippen molar-refractivity contribution in [2.75, 3.05) is 0 Å². The molecule has 128 valence electrons. The molecule has 0 saturated carbocycles. The number of aromatic nitrogens is 1. The second-order valence-electron chi connectivity index (χ2n) is 5.31. The summed E-state index contributed by atoms with van der Waals surface area (Å²) in [4.78, 5) is 27.0. The Bertz CT molecular complexity index is 1080. The maximum Gasteiger partial charge on any atom is 0.270 e. The summed E-state index contributed by atoms with van der Waals surface area (Å²) in [5.41, 5.74) is 1.06. The van der Waals surface area contributed by atoms with Gasteiger partial charge < -0.3 is 0 Å². The first-order valence-corrected chi connectivity index (χ1v) is 8.59. The SMILES string of the molecule is N#CC(C(=O)/C=C/c1cccc([N+](=O)[O-])c1)c1nc2cc(Cl)ccc2s1. The maximum atomic E-state index is 12.4. The number of carbonyl (C=O) groups is 1. The van der Waals surface area contributed by atoms with Crippen LogP contribution in [0.15, 0.2) is 48.5 Å². The lowest BCUT2D eigenvalue weighted by Gasteiger charge is -2.00. The maximum absolute atomic E-state index is 12.4. The number of nitro benzene ring substituents is 1. The molecule has 0 fully saturated rings. The number of carbonyl (C=O) groups excluding carboxylic acids is 1. The topological polar surface area (TPSA) is 96.9 Å². The molecule has 0 amide bonds. The summed E-state index contributed by atoms with van der Waals surface area (Å²) in [7, 11) is 0. The minimum atomic E-state index is -1.04. The number of allylic oxidation sites excluding steroid dienone is 1. The van der Waals surface area contributed by atoms with Crippen molar-refractivity contribution in [3.05, 3.63) is 74.2 Å². The molecule has 6 nitrogen and oxygen atoms in total. The van der Waals surface area contributed by atoms with Crippen molar-refractivity contribution in [3.63, 3.8) is 0 Å². The third-order valence-corrected chi connectivity index (χ3v) is 4.88. The highest BCUT2D eigenvalue weighted by molar-refractivity contribution is 7.18. The third-order valence-electron chi connectivity index (χ3n) is 3.55. The Hall–Kier alpha value is -3.08. The lowest BCUT2D eigenvalue weighted by molar-refractivity contribution is -0.384. The number of ketones is 1. The van der Waals surface area contributed by atoms with Gasteiger partial charge in [0, 0.05) is 17.2 Å². The smallest absolute Gasteiger partial charge is 0.270 e. The molecule has 1 atom stereocenters. The molecule has 26 heavy (non-hydrogen) atoms. The number of thiazole rings is 1. The van der Waals surface area contributed by atoms with Gasteiger partial charge in [-0.1, -0.05) is 29.8 Å². The van der Waals surface area contributed by atoms with Gasteiger partial charge in [0.05, 0.1) is 21.2 Å². The second-order valence-corrected chi connectivity index (χ2v) is 6.81. The fourth-order valence-corrected chi connectivity index (χ4v) is 3.47. The van der Waals surface area contributed by atoms with Crippen molar-refractivity contribution >= 4 is 50.7 Å². The number of nitrogens with zero attached hydrogens (tertiary/aromatic N) is 3. The van der Waals surface area contributed by atoms with E-state index in [0.717, 1.165) is 4.70 Å². The average Bonchev–Trinajstić information content (AvgIpc) is 3.03. The summed E-state index contributed by atoms with van der Waals surface area (Å²) >= 11 is 7.19.